The Morgan fingerprint density at radius 2 is 1.68 bits per heavy atom. The molecule has 31 heavy (non-hydrogen) atoms. The molecule has 4 rings (SSSR count). The summed E-state index contributed by atoms with van der Waals surface area (Å²) >= 11 is 0. The van der Waals surface area contributed by atoms with Gasteiger partial charge in [0, 0.05) is 64.5 Å². The zero-order valence-corrected chi connectivity index (χ0v) is 17.7. The van der Waals surface area contributed by atoms with Gasteiger partial charge in [0.1, 0.15) is 5.82 Å². The highest BCUT2D eigenvalue weighted by Gasteiger charge is 2.29. The summed E-state index contributed by atoms with van der Waals surface area (Å²) in [4.78, 5) is 43.6. The fourth-order valence-electron chi connectivity index (χ4n) is 4.32. The van der Waals surface area contributed by atoms with Gasteiger partial charge in [-0.1, -0.05) is 0 Å². The summed E-state index contributed by atoms with van der Waals surface area (Å²) in [5.41, 5.74) is 1.51. The number of carbonyl (C=O) groups is 3. The largest absolute Gasteiger partial charge is 0.348 e. The third kappa shape index (κ3) is 4.54. The van der Waals surface area contributed by atoms with Gasteiger partial charge in [-0.3, -0.25) is 19.3 Å². The Hall–Kier alpha value is -3.00. The second kappa shape index (κ2) is 9.01. The number of carbonyl (C=O) groups excluding carboxylic acids is 3. The van der Waals surface area contributed by atoms with Crippen LogP contribution >= 0.6 is 0 Å². The monoisotopic (exact) mass is 426 g/mol. The quantitative estimate of drug-likeness (QED) is 0.734. The number of piperazine rings is 1. The predicted octanol–water partition coefficient (Wildman–Crippen LogP) is 2.04. The summed E-state index contributed by atoms with van der Waals surface area (Å²) in [6.45, 7) is 4.67. The number of ketones is 1. The number of aryl methyl sites for hydroxylation is 1. The predicted molar refractivity (Wildman–Crippen MR) is 114 cm³/mol. The van der Waals surface area contributed by atoms with E-state index in [2.05, 4.69) is 4.90 Å². The SMILES string of the molecule is Cn1ccc2c1C(=O)CCN(CCCN1CCN(C(=O)c3ccc(F)cc3)CC1)C2=O. The fourth-order valence-corrected chi connectivity index (χ4v) is 4.32. The van der Waals surface area contributed by atoms with Crippen molar-refractivity contribution in [2.45, 2.75) is 12.8 Å². The molecule has 1 fully saturated rings. The number of aromatic nitrogens is 1. The fraction of sp³-hybridized carbons (Fsp3) is 0.435. The van der Waals surface area contributed by atoms with E-state index in [9.17, 15) is 18.8 Å². The van der Waals surface area contributed by atoms with E-state index < -0.39 is 0 Å². The molecule has 0 unspecified atom stereocenters. The van der Waals surface area contributed by atoms with E-state index in [1.807, 2.05) is 0 Å². The van der Waals surface area contributed by atoms with E-state index in [1.165, 1.54) is 24.3 Å². The first-order valence-corrected chi connectivity index (χ1v) is 10.7. The topological polar surface area (TPSA) is 65.9 Å². The Bertz CT molecular complexity index is 977. The normalized spacial score (nSPS) is 17.6. The maximum Gasteiger partial charge on any atom is 0.256 e. The first-order valence-electron chi connectivity index (χ1n) is 10.7. The molecule has 1 saturated heterocycles. The van der Waals surface area contributed by atoms with Gasteiger partial charge in [0.05, 0.1) is 11.3 Å². The Morgan fingerprint density at radius 3 is 2.39 bits per heavy atom. The molecule has 7 nitrogen and oxygen atoms in total. The molecule has 0 N–H and O–H groups in total. The lowest BCUT2D eigenvalue weighted by Gasteiger charge is -2.35. The van der Waals surface area contributed by atoms with Crippen LogP contribution in [0.4, 0.5) is 4.39 Å². The van der Waals surface area contributed by atoms with Crippen LogP contribution in [0.1, 0.15) is 44.0 Å². The lowest BCUT2D eigenvalue weighted by atomic mass is 10.1. The number of hydrogen-bond acceptors (Lipinski definition) is 4. The Morgan fingerprint density at radius 1 is 0.968 bits per heavy atom. The highest BCUT2D eigenvalue weighted by Crippen LogP contribution is 2.20. The van der Waals surface area contributed by atoms with E-state index in [4.69, 9.17) is 0 Å². The summed E-state index contributed by atoms with van der Waals surface area (Å²) < 4.78 is 14.8. The maximum absolute atomic E-state index is 13.1. The first kappa shape index (κ1) is 21.2. The number of fused-ring (bicyclic) bond motifs is 1. The van der Waals surface area contributed by atoms with Crippen LogP contribution in [0.15, 0.2) is 36.5 Å². The van der Waals surface area contributed by atoms with E-state index >= 15 is 0 Å². The van der Waals surface area contributed by atoms with Crippen molar-refractivity contribution >= 4 is 17.6 Å². The van der Waals surface area contributed by atoms with Crippen LogP contribution < -0.4 is 0 Å². The third-order valence-corrected chi connectivity index (χ3v) is 6.12. The molecule has 0 spiro atoms. The van der Waals surface area contributed by atoms with Crippen molar-refractivity contribution < 1.29 is 18.8 Å². The van der Waals surface area contributed by atoms with Gasteiger partial charge in [0.2, 0.25) is 0 Å². The van der Waals surface area contributed by atoms with Gasteiger partial charge in [-0.05, 0) is 43.3 Å². The molecule has 0 aliphatic carbocycles. The molecule has 164 valence electrons. The average Bonchev–Trinajstić information content (AvgIpc) is 3.12. The van der Waals surface area contributed by atoms with Crippen molar-refractivity contribution in [2.75, 3.05) is 45.8 Å². The number of amides is 2. The molecule has 2 aliphatic rings. The molecule has 2 amide bonds. The smallest absolute Gasteiger partial charge is 0.256 e. The van der Waals surface area contributed by atoms with Crippen LogP contribution in [0.2, 0.25) is 0 Å². The number of hydrogen-bond donors (Lipinski definition) is 0. The van der Waals surface area contributed by atoms with Gasteiger partial charge in [0.15, 0.2) is 5.78 Å². The number of Topliss-reactive ketones (excluding diaryl/α,β-unsaturated/α-hetero) is 1. The van der Waals surface area contributed by atoms with Gasteiger partial charge in [-0.2, -0.15) is 0 Å². The van der Waals surface area contributed by atoms with Gasteiger partial charge in [-0.15, -0.1) is 0 Å². The van der Waals surface area contributed by atoms with Crippen molar-refractivity contribution in [2.24, 2.45) is 7.05 Å². The van der Waals surface area contributed by atoms with Crippen LogP contribution in [0.3, 0.4) is 0 Å². The number of nitrogens with zero attached hydrogens (tertiary/aromatic N) is 4. The Balaban J connectivity index is 1.25. The first-order chi connectivity index (χ1) is 14.9. The second-order valence-electron chi connectivity index (χ2n) is 8.15. The van der Waals surface area contributed by atoms with Crippen molar-refractivity contribution in [1.29, 1.82) is 0 Å². The van der Waals surface area contributed by atoms with Crippen LogP contribution in [-0.4, -0.2) is 82.7 Å². The molecule has 0 radical (unpaired) electrons. The highest BCUT2D eigenvalue weighted by molar-refractivity contribution is 6.08. The zero-order chi connectivity index (χ0) is 22.0. The Labute approximate surface area is 181 Å². The Kier molecular flexibility index (Phi) is 6.18. The molecule has 2 aliphatic heterocycles. The van der Waals surface area contributed by atoms with Gasteiger partial charge >= 0.3 is 0 Å². The molecular formula is C23H27FN4O3. The summed E-state index contributed by atoms with van der Waals surface area (Å²) in [7, 11) is 1.79. The third-order valence-electron chi connectivity index (χ3n) is 6.12. The highest BCUT2D eigenvalue weighted by atomic mass is 19.1. The van der Waals surface area contributed by atoms with Crippen molar-refractivity contribution in [3.05, 3.63) is 59.2 Å². The molecule has 2 aromatic rings. The van der Waals surface area contributed by atoms with E-state index in [0.29, 0.717) is 49.4 Å². The standard InChI is InChI=1S/C23H27FN4O3/c1-25-11-7-19-21(25)20(29)8-12-27(23(19)31)10-2-9-26-13-15-28(16-14-26)22(30)17-3-5-18(24)6-4-17/h3-7,11H,2,8-10,12-16H2,1H3. The zero-order valence-electron chi connectivity index (χ0n) is 17.7. The van der Waals surface area contributed by atoms with E-state index in [-0.39, 0.29) is 23.4 Å². The maximum atomic E-state index is 13.1. The summed E-state index contributed by atoms with van der Waals surface area (Å²) in [6.07, 6.45) is 2.92. The minimum atomic E-state index is -0.350. The van der Waals surface area contributed by atoms with E-state index in [1.54, 1.807) is 33.7 Å². The second-order valence-corrected chi connectivity index (χ2v) is 8.15. The summed E-state index contributed by atoms with van der Waals surface area (Å²) in [6, 6.07) is 7.38. The van der Waals surface area contributed by atoms with Gasteiger partial charge < -0.3 is 14.4 Å². The lowest BCUT2D eigenvalue weighted by molar-refractivity contribution is 0.0620. The summed E-state index contributed by atoms with van der Waals surface area (Å²) in [5, 5.41) is 0. The van der Waals surface area contributed by atoms with Crippen molar-refractivity contribution in [1.82, 2.24) is 19.3 Å². The van der Waals surface area contributed by atoms with E-state index in [0.717, 1.165) is 26.1 Å². The molecule has 0 bridgehead atoms. The molecule has 1 aromatic carbocycles. The molecule has 0 saturated carbocycles. The van der Waals surface area contributed by atoms with Crippen LogP contribution in [0.25, 0.3) is 0 Å². The molecular weight excluding hydrogens is 399 g/mol. The number of rotatable bonds is 5. The van der Waals surface area contributed by atoms with Crippen molar-refractivity contribution in [3.63, 3.8) is 0 Å². The van der Waals surface area contributed by atoms with Crippen LogP contribution in [0.5, 0.6) is 0 Å². The lowest BCUT2D eigenvalue weighted by Crippen LogP contribution is -2.49. The molecule has 8 heteroatoms. The van der Waals surface area contributed by atoms with Crippen LogP contribution in [0, 0.1) is 5.82 Å². The van der Waals surface area contributed by atoms with Crippen LogP contribution in [-0.2, 0) is 7.05 Å². The average molecular weight is 426 g/mol. The minimum absolute atomic E-state index is 0.0142. The van der Waals surface area contributed by atoms with Crippen molar-refractivity contribution in [3.8, 4) is 0 Å². The van der Waals surface area contributed by atoms with Gasteiger partial charge in [-0.25, -0.2) is 4.39 Å². The number of halogens is 1. The number of benzene rings is 1. The molecule has 3 heterocycles. The summed E-state index contributed by atoms with van der Waals surface area (Å²) in [5.74, 6) is -0.480. The molecule has 1 aromatic heterocycles. The van der Waals surface area contributed by atoms with Gasteiger partial charge in [0.25, 0.3) is 11.8 Å². The minimum Gasteiger partial charge on any atom is -0.348 e. The molecule has 0 atom stereocenters.